The van der Waals surface area contributed by atoms with Gasteiger partial charge in [-0.2, -0.15) is 0 Å². The number of benzene rings is 1. The van der Waals surface area contributed by atoms with Gasteiger partial charge in [0.2, 0.25) is 0 Å². The lowest BCUT2D eigenvalue weighted by Crippen LogP contribution is -2.39. The van der Waals surface area contributed by atoms with Crippen LogP contribution in [0, 0.1) is 11.8 Å². The van der Waals surface area contributed by atoms with Crippen molar-refractivity contribution in [1.82, 2.24) is 9.55 Å². The van der Waals surface area contributed by atoms with Gasteiger partial charge in [0.25, 0.3) is 5.56 Å². The second-order valence-electron chi connectivity index (χ2n) is 7.55. The Balaban J connectivity index is 1.84. The van der Waals surface area contributed by atoms with Gasteiger partial charge in [0, 0.05) is 18.9 Å². The molecule has 2 heterocycles. The summed E-state index contributed by atoms with van der Waals surface area (Å²) in [6, 6.07) is 7.86. The van der Waals surface area contributed by atoms with Gasteiger partial charge >= 0.3 is 5.69 Å². The van der Waals surface area contributed by atoms with Crippen LogP contribution in [-0.4, -0.2) is 51.8 Å². The van der Waals surface area contributed by atoms with Gasteiger partial charge in [-0.3, -0.25) is 14.3 Å². The highest BCUT2D eigenvalue weighted by Crippen LogP contribution is 2.30. The Hall–Kier alpha value is -2.70. The predicted molar refractivity (Wildman–Crippen MR) is 115 cm³/mol. The van der Waals surface area contributed by atoms with Crippen molar-refractivity contribution in [1.29, 1.82) is 0 Å². The molecular formula is C23H28N2O6. The molecule has 1 aromatic carbocycles. The molecular weight excluding hydrogens is 400 g/mol. The zero-order valence-electron chi connectivity index (χ0n) is 17.7. The number of H-pyrrole nitrogens is 1. The van der Waals surface area contributed by atoms with Crippen LogP contribution in [0.15, 0.2) is 40.1 Å². The van der Waals surface area contributed by atoms with Crippen LogP contribution in [0.25, 0.3) is 0 Å². The number of hydrogen-bond acceptors (Lipinski definition) is 6. The Labute approximate surface area is 180 Å². The molecule has 1 aromatic heterocycles. The first kappa shape index (κ1) is 23.0. The summed E-state index contributed by atoms with van der Waals surface area (Å²) < 4.78 is 11.9. The third-order valence-electron chi connectivity index (χ3n) is 5.37. The number of nitrogens with zero attached hydrogens (tertiary/aromatic N) is 1. The van der Waals surface area contributed by atoms with E-state index in [-0.39, 0.29) is 5.56 Å². The van der Waals surface area contributed by atoms with Gasteiger partial charge in [0.15, 0.2) is 6.23 Å². The molecule has 0 spiro atoms. The molecule has 3 rings (SSSR count). The second kappa shape index (κ2) is 10.6. The Morgan fingerprint density at radius 3 is 2.58 bits per heavy atom. The fourth-order valence-electron chi connectivity index (χ4n) is 3.58. The summed E-state index contributed by atoms with van der Waals surface area (Å²) >= 11 is 0. The van der Waals surface area contributed by atoms with Gasteiger partial charge in [0.05, 0.1) is 6.61 Å². The second-order valence-corrected chi connectivity index (χ2v) is 7.55. The molecule has 1 saturated heterocycles. The monoisotopic (exact) mass is 428 g/mol. The molecule has 8 nitrogen and oxygen atoms in total. The summed E-state index contributed by atoms with van der Waals surface area (Å²) in [7, 11) is 1.37. The maximum absolute atomic E-state index is 12.3. The Kier molecular flexibility index (Phi) is 7.82. The molecule has 31 heavy (non-hydrogen) atoms. The first-order chi connectivity index (χ1) is 15.0. The van der Waals surface area contributed by atoms with Gasteiger partial charge in [0.1, 0.15) is 23.9 Å². The number of aryl methyl sites for hydroxylation is 1. The molecule has 166 valence electrons. The minimum absolute atomic E-state index is 0.0759. The van der Waals surface area contributed by atoms with Crippen molar-refractivity contribution in [2.45, 2.75) is 57.1 Å². The molecule has 8 heteroatoms. The lowest BCUT2D eigenvalue weighted by Gasteiger charge is -2.20. The summed E-state index contributed by atoms with van der Waals surface area (Å²) in [6.45, 7) is 1.74. The number of aromatic amines is 1. The topological polar surface area (TPSA) is 114 Å². The summed E-state index contributed by atoms with van der Waals surface area (Å²) in [4.78, 5) is 26.8. The first-order valence-electron chi connectivity index (χ1n) is 10.4. The van der Waals surface area contributed by atoms with Crippen molar-refractivity contribution in [3.8, 4) is 11.8 Å². The highest BCUT2D eigenvalue weighted by atomic mass is 16.6. The summed E-state index contributed by atoms with van der Waals surface area (Å²) in [5.41, 5.74) is 0.735. The van der Waals surface area contributed by atoms with Crippen molar-refractivity contribution in [2.75, 3.05) is 13.7 Å². The molecule has 0 radical (unpaired) electrons. The Morgan fingerprint density at radius 2 is 1.94 bits per heavy atom. The molecule has 1 aliphatic heterocycles. The van der Waals surface area contributed by atoms with Gasteiger partial charge in [-0.1, -0.05) is 43.7 Å². The van der Waals surface area contributed by atoms with Crippen LogP contribution >= 0.6 is 0 Å². The van der Waals surface area contributed by atoms with Crippen molar-refractivity contribution in [3.05, 3.63) is 68.0 Å². The molecule has 3 N–H and O–H groups in total. The van der Waals surface area contributed by atoms with E-state index in [1.807, 2.05) is 24.3 Å². The van der Waals surface area contributed by atoms with Crippen LogP contribution in [0.3, 0.4) is 0 Å². The average Bonchev–Trinajstić information content (AvgIpc) is 3.09. The van der Waals surface area contributed by atoms with E-state index >= 15 is 0 Å². The summed E-state index contributed by atoms with van der Waals surface area (Å²) in [6.07, 6.45) is 1.91. The van der Waals surface area contributed by atoms with Crippen molar-refractivity contribution >= 4 is 0 Å². The number of hydrogen-bond donors (Lipinski definition) is 3. The molecule has 1 fully saturated rings. The standard InChI is InChI=1S/C23H28N2O6/c1-3-4-5-6-15-7-9-16(10-8-15)11-12-17-13-25(23(29)24-21(17)28)22-20(30-2)19(27)18(14-26)31-22/h7-10,13,18-20,22,26-27H,3-6,14H2,1-2H3,(H,24,28,29)/t18-,19-,20-,22-/m1/s1. The van der Waals surface area contributed by atoms with Gasteiger partial charge in [-0.15, -0.1) is 0 Å². The Morgan fingerprint density at radius 1 is 1.19 bits per heavy atom. The predicted octanol–water partition coefficient (Wildman–Crippen LogP) is 0.935. The van der Waals surface area contributed by atoms with E-state index in [2.05, 4.69) is 23.7 Å². The largest absolute Gasteiger partial charge is 0.394 e. The van der Waals surface area contributed by atoms with E-state index in [9.17, 15) is 19.8 Å². The summed E-state index contributed by atoms with van der Waals surface area (Å²) in [5.74, 6) is 5.74. The average molecular weight is 428 g/mol. The van der Waals surface area contributed by atoms with Crippen LogP contribution < -0.4 is 11.2 Å². The first-order valence-corrected chi connectivity index (χ1v) is 10.4. The van der Waals surface area contributed by atoms with Crippen LogP contribution in [0.2, 0.25) is 0 Å². The van der Waals surface area contributed by atoms with E-state index in [0.29, 0.717) is 0 Å². The highest BCUT2D eigenvalue weighted by molar-refractivity contribution is 5.42. The number of aromatic nitrogens is 2. The Bertz CT molecular complexity index is 1050. The fourth-order valence-corrected chi connectivity index (χ4v) is 3.58. The molecule has 0 aliphatic carbocycles. The number of methoxy groups -OCH3 is 1. The number of unbranched alkanes of at least 4 members (excludes halogenated alkanes) is 2. The molecule has 0 saturated carbocycles. The van der Waals surface area contributed by atoms with Gasteiger partial charge < -0.3 is 19.7 Å². The number of ether oxygens (including phenoxy) is 2. The van der Waals surface area contributed by atoms with Crippen molar-refractivity contribution in [3.63, 3.8) is 0 Å². The zero-order valence-corrected chi connectivity index (χ0v) is 17.7. The molecule has 2 aromatic rings. The van der Waals surface area contributed by atoms with Crippen LogP contribution in [0.5, 0.6) is 0 Å². The number of rotatable bonds is 7. The number of aliphatic hydroxyl groups excluding tert-OH is 2. The van der Waals surface area contributed by atoms with Crippen molar-refractivity contribution in [2.24, 2.45) is 0 Å². The minimum atomic E-state index is -1.12. The van der Waals surface area contributed by atoms with E-state index in [1.165, 1.54) is 31.7 Å². The summed E-state index contributed by atoms with van der Waals surface area (Å²) in [5, 5.41) is 19.6. The quantitative estimate of drug-likeness (QED) is 0.447. The SMILES string of the molecule is CCCCCc1ccc(C#Cc2cn([C@@H]3O[C@H](CO)[C@@H](O)[C@H]3OC)c(=O)[nH]c2=O)cc1. The molecule has 0 bridgehead atoms. The maximum Gasteiger partial charge on any atom is 0.330 e. The minimum Gasteiger partial charge on any atom is -0.394 e. The lowest BCUT2D eigenvalue weighted by molar-refractivity contribution is -0.0625. The lowest BCUT2D eigenvalue weighted by atomic mass is 10.1. The number of aliphatic hydroxyl groups is 2. The van der Waals surface area contributed by atoms with Gasteiger partial charge in [-0.05, 0) is 30.5 Å². The fraction of sp³-hybridized carbons (Fsp3) is 0.478. The third kappa shape index (κ3) is 5.32. The van der Waals surface area contributed by atoms with Crippen LogP contribution in [0.4, 0.5) is 0 Å². The van der Waals surface area contributed by atoms with Crippen LogP contribution in [0.1, 0.15) is 49.1 Å². The number of nitrogens with one attached hydrogen (secondary N) is 1. The zero-order chi connectivity index (χ0) is 22.4. The normalized spacial score (nSPS) is 22.8. The molecule has 1 aliphatic rings. The molecule has 4 atom stereocenters. The molecule has 0 amide bonds. The van der Waals surface area contributed by atoms with Gasteiger partial charge in [-0.25, -0.2) is 4.79 Å². The smallest absolute Gasteiger partial charge is 0.330 e. The van der Waals surface area contributed by atoms with E-state index in [4.69, 9.17) is 9.47 Å². The van der Waals surface area contributed by atoms with E-state index in [1.54, 1.807) is 0 Å². The highest BCUT2D eigenvalue weighted by Gasteiger charge is 2.45. The van der Waals surface area contributed by atoms with E-state index in [0.717, 1.165) is 23.0 Å². The molecule has 0 unspecified atom stereocenters. The third-order valence-corrected chi connectivity index (χ3v) is 5.37. The maximum atomic E-state index is 12.3. The van der Waals surface area contributed by atoms with Crippen LogP contribution in [-0.2, 0) is 15.9 Å². The van der Waals surface area contributed by atoms with E-state index < -0.39 is 42.4 Å². The van der Waals surface area contributed by atoms with Crippen molar-refractivity contribution < 1.29 is 19.7 Å².